The Morgan fingerprint density at radius 2 is 2.22 bits per heavy atom. The van der Waals surface area contributed by atoms with Crippen LogP contribution in [0.3, 0.4) is 0 Å². The lowest BCUT2D eigenvalue weighted by Crippen LogP contribution is -2.05. The summed E-state index contributed by atoms with van der Waals surface area (Å²) in [6.45, 7) is 0.753. The smallest absolute Gasteiger partial charge is 0.184 e. The van der Waals surface area contributed by atoms with E-state index in [1.165, 1.54) is 31.0 Å². The first kappa shape index (κ1) is 11.1. The highest BCUT2D eigenvalue weighted by atomic mass is 19.1. The molecule has 2 aromatic rings. The topological polar surface area (TPSA) is 69.6 Å². The van der Waals surface area contributed by atoms with E-state index in [4.69, 9.17) is 5.73 Å². The first-order valence-electron chi connectivity index (χ1n) is 6.05. The number of hydrogen-bond donors (Lipinski definition) is 1. The fourth-order valence-corrected chi connectivity index (χ4v) is 1.98. The quantitative estimate of drug-likeness (QED) is 0.837. The molecule has 2 N–H and O–H groups in total. The van der Waals surface area contributed by atoms with Crippen molar-refractivity contribution in [3.05, 3.63) is 24.0 Å². The van der Waals surface area contributed by atoms with E-state index in [0.29, 0.717) is 17.1 Å². The minimum atomic E-state index is -0.337. The van der Waals surface area contributed by atoms with Crippen molar-refractivity contribution in [3.8, 4) is 11.4 Å². The van der Waals surface area contributed by atoms with Crippen molar-refractivity contribution < 1.29 is 4.39 Å². The van der Waals surface area contributed by atoms with Crippen molar-refractivity contribution in [1.82, 2.24) is 20.2 Å². The van der Waals surface area contributed by atoms with E-state index in [9.17, 15) is 4.39 Å². The molecular weight excluding hydrogens is 233 g/mol. The summed E-state index contributed by atoms with van der Waals surface area (Å²) < 4.78 is 15.0. The van der Waals surface area contributed by atoms with Gasteiger partial charge in [-0.25, -0.2) is 9.07 Å². The second-order valence-corrected chi connectivity index (χ2v) is 4.69. The standard InChI is InChI=1S/C12H14FN5/c13-9-3-4-11(14)10(7-9)12-15-16-17-18(12)6-5-8-1-2-8/h3-4,7-8H,1-2,5-6,14H2. The van der Waals surface area contributed by atoms with Gasteiger partial charge in [-0.2, -0.15) is 0 Å². The molecule has 0 saturated heterocycles. The van der Waals surface area contributed by atoms with Crippen LogP contribution in [0.1, 0.15) is 19.3 Å². The molecule has 1 aliphatic rings. The first-order chi connectivity index (χ1) is 8.74. The van der Waals surface area contributed by atoms with Gasteiger partial charge in [0, 0.05) is 17.8 Å². The van der Waals surface area contributed by atoms with Gasteiger partial charge in [-0.1, -0.05) is 12.8 Å². The average molecular weight is 247 g/mol. The van der Waals surface area contributed by atoms with Gasteiger partial charge in [-0.05, 0) is 41.0 Å². The monoisotopic (exact) mass is 247 g/mol. The van der Waals surface area contributed by atoms with Crippen LogP contribution in [0.5, 0.6) is 0 Å². The molecule has 6 heteroatoms. The summed E-state index contributed by atoms with van der Waals surface area (Å²) in [5.74, 6) is 0.996. The van der Waals surface area contributed by atoms with Gasteiger partial charge in [0.2, 0.25) is 0 Å². The summed E-state index contributed by atoms with van der Waals surface area (Å²) in [7, 11) is 0. The number of aryl methyl sites for hydroxylation is 1. The molecule has 0 radical (unpaired) electrons. The Kier molecular flexibility index (Phi) is 2.70. The molecule has 1 heterocycles. The average Bonchev–Trinajstić information content (AvgIpc) is 3.08. The van der Waals surface area contributed by atoms with Crippen molar-refractivity contribution in [1.29, 1.82) is 0 Å². The van der Waals surface area contributed by atoms with Gasteiger partial charge in [0.25, 0.3) is 0 Å². The van der Waals surface area contributed by atoms with Gasteiger partial charge < -0.3 is 5.73 Å². The van der Waals surface area contributed by atoms with Gasteiger partial charge in [-0.15, -0.1) is 5.10 Å². The summed E-state index contributed by atoms with van der Waals surface area (Å²) in [5, 5.41) is 11.5. The van der Waals surface area contributed by atoms with Gasteiger partial charge >= 0.3 is 0 Å². The maximum absolute atomic E-state index is 13.3. The summed E-state index contributed by atoms with van der Waals surface area (Å²) in [6, 6.07) is 4.23. The maximum atomic E-state index is 13.3. The lowest BCUT2D eigenvalue weighted by atomic mass is 10.1. The number of hydrogen-bond acceptors (Lipinski definition) is 4. The Labute approximate surface area is 104 Å². The number of nitrogens with two attached hydrogens (primary N) is 1. The van der Waals surface area contributed by atoms with E-state index in [-0.39, 0.29) is 5.82 Å². The molecule has 1 aromatic carbocycles. The third-order valence-electron chi connectivity index (χ3n) is 3.23. The molecule has 0 amide bonds. The summed E-state index contributed by atoms with van der Waals surface area (Å²) in [5.41, 5.74) is 6.88. The van der Waals surface area contributed by atoms with Crippen LogP contribution in [0.2, 0.25) is 0 Å². The van der Waals surface area contributed by atoms with Gasteiger partial charge in [0.05, 0.1) is 0 Å². The highest BCUT2D eigenvalue weighted by molar-refractivity contribution is 5.71. The summed E-state index contributed by atoms with van der Waals surface area (Å²) in [6.07, 6.45) is 3.65. The minimum Gasteiger partial charge on any atom is -0.398 e. The van der Waals surface area contributed by atoms with Crippen LogP contribution in [0.25, 0.3) is 11.4 Å². The lowest BCUT2D eigenvalue weighted by Gasteiger charge is -2.06. The van der Waals surface area contributed by atoms with E-state index < -0.39 is 0 Å². The summed E-state index contributed by atoms with van der Waals surface area (Å²) in [4.78, 5) is 0. The molecule has 18 heavy (non-hydrogen) atoms. The number of aromatic nitrogens is 4. The molecule has 0 bridgehead atoms. The zero-order chi connectivity index (χ0) is 12.5. The normalized spacial score (nSPS) is 14.9. The SMILES string of the molecule is Nc1ccc(F)cc1-c1nnnn1CCC1CC1. The number of anilines is 1. The van der Waals surface area contributed by atoms with Crippen molar-refractivity contribution >= 4 is 5.69 Å². The van der Waals surface area contributed by atoms with E-state index in [1.54, 1.807) is 4.68 Å². The second kappa shape index (κ2) is 4.36. The number of benzene rings is 1. The molecule has 94 valence electrons. The molecule has 1 fully saturated rings. The Balaban J connectivity index is 1.90. The molecule has 5 nitrogen and oxygen atoms in total. The number of nitrogen functional groups attached to an aromatic ring is 1. The Hall–Kier alpha value is -1.98. The number of tetrazole rings is 1. The van der Waals surface area contributed by atoms with Crippen LogP contribution in [0, 0.1) is 11.7 Å². The first-order valence-corrected chi connectivity index (χ1v) is 6.05. The molecule has 0 spiro atoms. The van der Waals surface area contributed by atoms with Crippen LogP contribution < -0.4 is 5.73 Å². The van der Waals surface area contributed by atoms with Crippen molar-refractivity contribution in [2.45, 2.75) is 25.8 Å². The largest absolute Gasteiger partial charge is 0.398 e. The van der Waals surface area contributed by atoms with E-state index in [2.05, 4.69) is 15.5 Å². The molecule has 3 rings (SSSR count). The third-order valence-corrected chi connectivity index (χ3v) is 3.23. The van der Waals surface area contributed by atoms with E-state index >= 15 is 0 Å². The molecule has 0 unspecified atom stereocenters. The second-order valence-electron chi connectivity index (χ2n) is 4.69. The van der Waals surface area contributed by atoms with E-state index in [0.717, 1.165) is 18.9 Å². The van der Waals surface area contributed by atoms with Gasteiger partial charge in [0.1, 0.15) is 5.82 Å². The fourth-order valence-electron chi connectivity index (χ4n) is 1.98. The van der Waals surface area contributed by atoms with Crippen molar-refractivity contribution in [2.24, 2.45) is 5.92 Å². The van der Waals surface area contributed by atoms with Crippen LogP contribution in [0.15, 0.2) is 18.2 Å². The third kappa shape index (κ3) is 2.18. The highest BCUT2D eigenvalue weighted by Gasteiger charge is 2.22. The minimum absolute atomic E-state index is 0.337. The van der Waals surface area contributed by atoms with Gasteiger partial charge in [0.15, 0.2) is 5.82 Å². The van der Waals surface area contributed by atoms with E-state index in [1.807, 2.05) is 0 Å². The summed E-state index contributed by atoms with van der Waals surface area (Å²) >= 11 is 0. The zero-order valence-electron chi connectivity index (χ0n) is 9.88. The predicted octanol–water partition coefficient (Wildman–Crippen LogP) is 1.86. The Morgan fingerprint density at radius 1 is 1.39 bits per heavy atom. The molecule has 0 atom stereocenters. The zero-order valence-corrected chi connectivity index (χ0v) is 9.88. The number of halogens is 1. The van der Waals surface area contributed by atoms with Crippen LogP contribution >= 0.6 is 0 Å². The number of rotatable bonds is 4. The highest BCUT2D eigenvalue weighted by Crippen LogP contribution is 2.33. The number of nitrogens with zero attached hydrogens (tertiary/aromatic N) is 4. The maximum Gasteiger partial charge on any atom is 0.184 e. The Morgan fingerprint density at radius 3 is 3.00 bits per heavy atom. The van der Waals surface area contributed by atoms with Gasteiger partial charge in [-0.3, -0.25) is 0 Å². The fraction of sp³-hybridized carbons (Fsp3) is 0.417. The van der Waals surface area contributed by atoms with Crippen molar-refractivity contribution in [2.75, 3.05) is 5.73 Å². The van der Waals surface area contributed by atoms with Crippen LogP contribution in [-0.2, 0) is 6.54 Å². The molecular formula is C12H14FN5. The molecule has 1 aliphatic carbocycles. The van der Waals surface area contributed by atoms with Crippen molar-refractivity contribution in [3.63, 3.8) is 0 Å². The Bertz CT molecular complexity index is 561. The van der Waals surface area contributed by atoms with Crippen LogP contribution in [0.4, 0.5) is 10.1 Å². The molecule has 1 saturated carbocycles. The molecule has 1 aromatic heterocycles. The molecule has 0 aliphatic heterocycles. The predicted molar refractivity (Wildman–Crippen MR) is 65.0 cm³/mol. The lowest BCUT2D eigenvalue weighted by molar-refractivity contribution is 0.535. The van der Waals surface area contributed by atoms with Crippen LogP contribution in [-0.4, -0.2) is 20.2 Å².